The van der Waals surface area contributed by atoms with E-state index in [0.717, 1.165) is 42.4 Å². The van der Waals surface area contributed by atoms with Gasteiger partial charge in [-0.2, -0.15) is 0 Å². The number of nitrogens with zero attached hydrogens (tertiary/aromatic N) is 1. The van der Waals surface area contributed by atoms with Crippen LogP contribution in [0.3, 0.4) is 0 Å². The minimum Gasteiger partial charge on any atom is -0.352 e. The summed E-state index contributed by atoms with van der Waals surface area (Å²) < 4.78 is 0. The molecule has 0 bridgehead atoms. The normalized spacial score (nSPS) is 14.9. The summed E-state index contributed by atoms with van der Waals surface area (Å²) in [4.78, 5) is 28.3. The number of rotatable bonds is 9. The lowest BCUT2D eigenvalue weighted by molar-refractivity contribution is -0.141. The number of benzene rings is 2. The van der Waals surface area contributed by atoms with Gasteiger partial charge in [0.2, 0.25) is 11.8 Å². The first-order valence-corrected chi connectivity index (χ1v) is 11.7. The molecule has 31 heavy (non-hydrogen) atoms. The molecule has 166 valence electrons. The summed E-state index contributed by atoms with van der Waals surface area (Å²) in [5, 5.41) is 3.87. The van der Waals surface area contributed by atoms with Crippen LogP contribution in [-0.2, 0) is 22.6 Å². The fourth-order valence-corrected chi connectivity index (χ4v) is 4.57. The smallest absolute Gasteiger partial charge is 0.243 e. The lowest BCUT2D eigenvalue weighted by atomic mass is 10.0. The van der Waals surface area contributed by atoms with E-state index in [1.54, 1.807) is 4.90 Å². The molecule has 0 aromatic heterocycles. The Bertz CT molecular complexity index is 892. The maximum atomic E-state index is 13.4. The summed E-state index contributed by atoms with van der Waals surface area (Å²) in [6, 6.07) is 15.4. The molecule has 0 spiro atoms. The van der Waals surface area contributed by atoms with Crippen molar-refractivity contribution in [3.8, 4) is 0 Å². The van der Waals surface area contributed by atoms with Crippen molar-refractivity contribution < 1.29 is 9.59 Å². The van der Waals surface area contributed by atoms with Crippen molar-refractivity contribution in [2.75, 3.05) is 0 Å². The van der Waals surface area contributed by atoms with E-state index in [1.165, 1.54) is 0 Å². The van der Waals surface area contributed by atoms with Crippen molar-refractivity contribution in [1.29, 1.82) is 0 Å². The lowest BCUT2D eigenvalue weighted by Crippen LogP contribution is -2.51. The molecule has 0 saturated heterocycles. The van der Waals surface area contributed by atoms with Crippen LogP contribution in [0.1, 0.15) is 62.1 Å². The third-order valence-corrected chi connectivity index (χ3v) is 6.62. The van der Waals surface area contributed by atoms with E-state index in [9.17, 15) is 9.59 Å². The van der Waals surface area contributed by atoms with Crippen molar-refractivity contribution in [3.63, 3.8) is 0 Å². The van der Waals surface area contributed by atoms with Crippen LogP contribution in [0.25, 0.3) is 0 Å². The molecule has 1 fully saturated rings. The topological polar surface area (TPSA) is 49.4 Å². The number of carbonyl (C=O) groups excluding carboxylic acids is 2. The van der Waals surface area contributed by atoms with Gasteiger partial charge in [0.15, 0.2) is 0 Å². The van der Waals surface area contributed by atoms with Crippen LogP contribution in [0.4, 0.5) is 0 Å². The van der Waals surface area contributed by atoms with Crippen LogP contribution >= 0.6 is 11.6 Å². The highest BCUT2D eigenvalue weighted by molar-refractivity contribution is 6.31. The van der Waals surface area contributed by atoms with Crippen LogP contribution in [0.15, 0.2) is 48.5 Å². The number of halogens is 1. The van der Waals surface area contributed by atoms with E-state index >= 15 is 0 Å². The Hall–Kier alpha value is -2.33. The van der Waals surface area contributed by atoms with Gasteiger partial charge in [-0.1, -0.05) is 73.8 Å². The molecule has 1 atom stereocenters. The summed E-state index contributed by atoms with van der Waals surface area (Å²) in [7, 11) is 0. The SMILES string of the molecule is CC[C@@H](C(=O)NC1CCCC1)N(Cc1ccccc1C)C(=O)CCc1ccccc1Cl. The molecule has 0 heterocycles. The molecule has 1 aliphatic rings. The molecule has 0 radical (unpaired) electrons. The number of amides is 2. The Morgan fingerprint density at radius 3 is 2.35 bits per heavy atom. The van der Waals surface area contributed by atoms with E-state index in [2.05, 4.69) is 5.32 Å². The second kappa shape index (κ2) is 11.3. The molecule has 2 aromatic carbocycles. The van der Waals surface area contributed by atoms with Gasteiger partial charge in [-0.25, -0.2) is 0 Å². The zero-order valence-electron chi connectivity index (χ0n) is 18.6. The third kappa shape index (κ3) is 6.33. The second-order valence-electron chi connectivity index (χ2n) is 8.45. The monoisotopic (exact) mass is 440 g/mol. The summed E-state index contributed by atoms with van der Waals surface area (Å²) >= 11 is 6.28. The number of nitrogens with one attached hydrogen (secondary N) is 1. The van der Waals surface area contributed by atoms with Crippen LogP contribution in [0, 0.1) is 6.92 Å². The van der Waals surface area contributed by atoms with Crippen molar-refractivity contribution in [2.45, 2.75) is 77.4 Å². The standard InChI is InChI=1S/C26H33ClN2O2/c1-3-24(26(31)28-22-13-7-8-14-22)29(18-21-12-5-4-10-19(21)2)25(30)17-16-20-11-6-9-15-23(20)27/h4-6,9-12,15,22,24H,3,7-8,13-14,16-18H2,1-2H3,(H,28,31)/t24-/m0/s1. The van der Waals surface area contributed by atoms with Crippen molar-refractivity contribution in [1.82, 2.24) is 10.2 Å². The van der Waals surface area contributed by atoms with E-state index < -0.39 is 6.04 Å². The van der Waals surface area contributed by atoms with Gasteiger partial charge in [0.05, 0.1) is 0 Å². The number of hydrogen-bond donors (Lipinski definition) is 1. The fraction of sp³-hybridized carbons (Fsp3) is 0.462. The van der Waals surface area contributed by atoms with Crippen LogP contribution < -0.4 is 5.32 Å². The zero-order valence-corrected chi connectivity index (χ0v) is 19.3. The largest absolute Gasteiger partial charge is 0.352 e. The average molecular weight is 441 g/mol. The summed E-state index contributed by atoms with van der Waals surface area (Å²) in [5.41, 5.74) is 3.15. The number of aryl methyl sites for hydroxylation is 2. The Balaban J connectivity index is 1.78. The molecule has 3 rings (SSSR count). The molecular weight excluding hydrogens is 408 g/mol. The fourth-order valence-electron chi connectivity index (χ4n) is 4.34. The van der Waals surface area contributed by atoms with Crippen LogP contribution in [-0.4, -0.2) is 28.8 Å². The average Bonchev–Trinajstić information content (AvgIpc) is 3.27. The molecule has 2 aromatic rings. The van der Waals surface area contributed by atoms with E-state index in [1.807, 2.05) is 62.4 Å². The van der Waals surface area contributed by atoms with Crippen molar-refractivity contribution >= 4 is 23.4 Å². The maximum absolute atomic E-state index is 13.4. The summed E-state index contributed by atoms with van der Waals surface area (Å²) in [6.07, 6.45) is 5.84. The second-order valence-corrected chi connectivity index (χ2v) is 8.86. The maximum Gasteiger partial charge on any atom is 0.243 e. The van der Waals surface area contributed by atoms with Gasteiger partial charge >= 0.3 is 0 Å². The molecule has 0 unspecified atom stereocenters. The minimum atomic E-state index is -0.473. The van der Waals surface area contributed by atoms with Gasteiger partial charge in [0.1, 0.15) is 6.04 Å². The lowest BCUT2D eigenvalue weighted by Gasteiger charge is -2.32. The molecule has 5 heteroatoms. The Morgan fingerprint density at radius 1 is 1.06 bits per heavy atom. The highest BCUT2D eigenvalue weighted by Crippen LogP contribution is 2.22. The molecule has 0 aliphatic heterocycles. The molecule has 1 saturated carbocycles. The minimum absolute atomic E-state index is 0.0170. The molecular formula is C26H33ClN2O2. The molecule has 2 amide bonds. The van der Waals surface area contributed by atoms with Crippen molar-refractivity contribution in [2.24, 2.45) is 0 Å². The van der Waals surface area contributed by atoms with Crippen LogP contribution in [0.5, 0.6) is 0 Å². The first-order valence-electron chi connectivity index (χ1n) is 11.4. The Labute approximate surface area is 191 Å². The van der Waals surface area contributed by atoms with Gasteiger partial charge in [-0.15, -0.1) is 0 Å². The van der Waals surface area contributed by atoms with Gasteiger partial charge in [-0.3, -0.25) is 9.59 Å². The van der Waals surface area contributed by atoms with E-state index in [0.29, 0.717) is 30.8 Å². The Morgan fingerprint density at radius 2 is 1.71 bits per heavy atom. The van der Waals surface area contributed by atoms with Gasteiger partial charge in [0.25, 0.3) is 0 Å². The van der Waals surface area contributed by atoms with Gasteiger partial charge < -0.3 is 10.2 Å². The highest BCUT2D eigenvalue weighted by Gasteiger charge is 2.30. The highest BCUT2D eigenvalue weighted by atomic mass is 35.5. The summed E-state index contributed by atoms with van der Waals surface area (Å²) in [6.45, 7) is 4.46. The van der Waals surface area contributed by atoms with E-state index in [-0.39, 0.29) is 17.9 Å². The Kier molecular flexibility index (Phi) is 8.53. The number of carbonyl (C=O) groups is 2. The molecule has 1 N–H and O–H groups in total. The van der Waals surface area contributed by atoms with Crippen LogP contribution in [0.2, 0.25) is 5.02 Å². The van der Waals surface area contributed by atoms with Crippen molar-refractivity contribution in [3.05, 3.63) is 70.2 Å². The first-order chi connectivity index (χ1) is 15.0. The molecule has 1 aliphatic carbocycles. The predicted molar refractivity (Wildman–Crippen MR) is 126 cm³/mol. The summed E-state index contributed by atoms with van der Waals surface area (Å²) in [5.74, 6) is -0.0503. The van der Waals surface area contributed by atoms with Gasteiger partial charge in [0, 0.05) is 24.0 Å². The predicted octanol–water partition coefficient (Wildman–Crippen LogP) is 5.45. The third-order valence-electron chi connectivity index (χ3n) is 6.26. The molecule has 4 nitrogen and oxygen atoms in total. The first kappa shape index (κ1) is 23.3. The zero-order chi connectivity index (χ0) is 22.2. The number of hydrogen-bond acceptors (Lipinski definition) is 2. The van der Waals surface area contributed by atoms with E-state index in [4.69, 9.17) is 11.6 Å². The van der Waals surface area contributed by atoms with Gasteiger partial charge in [-0.05, 0) is 55.4 Å². The quantitative estimate of drug-likeness (QED) is 0.563.